The predicted molar refractivity (Wildman–Crippen MR) is 115 cm³/mol. The first-order valence-electron chi connectivity index (χ1n) is 8.84. The molecule has 0 bridgehead atoms. The number of hydrogen-bond donors (Lipinski definition) is 3. The Morgan fingerprint density at radius 3 is 2.58 bits per heavy atom. The van der Waals surface area contributed by atoms with Crippen LogP contribution in [0.25, 0.3) is 0 Å². The maximum absolute atomic E-state index is 13.1. The number of methoxy groups -OCH3 is 1. The molecular formula is C20H18ClFN4O4S. The number of nitrogens with two attached hydrogens (primary N) is 1. The molecule has 0 aliphatic rings. The quantitative estimate of drug-likeness (QED) is 0.470. The topological polar surface area (TPSA) is 123 Å². The fourth-order valence-electron chi connectivity index (χ4n) is 2.84. The fourth-order valence-corrected chi connectivity index (χ4v) is 4.20. The van der Waals surface area contributed by atoms with Crippen LogP contribution in [0.2, 0.25) is 5.02 Å². The minimum Gasteiger partial charge on any atom is -0.496 e. The first-order chi connectivity index (χ1) is 14.7. The lowest BCUT2D eigenvalue weighted by atomic mass is 10.0. The number of halogens is 2. The van der Waals surface area contributed by atoms with Crippen LogP contribution in [0.15, 0.2) is 65.7 Å². The maximum atomic E-state index is 13.1. The largest absolute Gasteiger partial charge is 0.496 e. The van der Waals surface area contributed by atoms with Crippen LogP contribution >= 0.6 is 11.6 Å². The SMILES string of the molecule is COc1ccc(Cl)cc1C(Nc1ccccc1S(=O)(=O)Nc1ccc(F)cn1)C(N)=O. The molecule has 2 aromatic carbocycles. The van der Waals surface area contributed by atoms with Crippen LogP contribution in [0.1, 0.15) is 11.6 Å². The van der Waals surface area contributed by atoms with Gasteiger partial charge in [0.25, 0.3) is 10.0 Å². The molecule has 1 aromatic heterocycles. The van der Waals surface area contributed by atoms with Crippen molar-refractivity contribution < 1.29 is 22.3 Å². The highest BCUT2D eigenvalue weighted by molar-refractivity contribution is 7.92. The second-order valence-electron chi connectivity index (χ2n) is 6.33. The molecule has 11 heteroatoms. The minimum atomic E-state index is -4.14. The number of aromatic nitrogens is 1. The molecule has 0 aliphatic carbocycles. The lowest BCUT2D eigenvalue weighted by molar-refractivity contribution is -0.118. The second-order valence-corrected chi connectivity index (χ2v) is 8.42. The third kappa shape index (κ3) is 5.22. The molecule has 0 spiro atoms. The van der Waals surface area contributed by atoms with E-state index in [-0.39, 0.29) is 16.4 Å². The van der Waals surface area contributed by atoms with Crippen LogP contribution in [-0.2, 0) is 14.8 Å². The lowest BCUT2D eigenvalue weighted by Gasteiger charge is -2.21. The number of amides is 1. The monoisotopic (exact) mass is 464 g/mol. The summed E-state index contributed by atoms with van der Waals surface area (Å²) < 4.78 is 46.5. The lowest BCUT2D eigenvalue weighted by Crippen LogP contribution is -2.29. The summed E-state index contributed by atoms with van der Waals surface area (Å²) in [6.07, 6.45) is 0.885. The third-order valence-corrected chi connectivity index (χ3v) is 5.88. The number of anilines is 2. The van der Waals surface area contributed by atoms with E-state index in [2.05, 4.69) is 15.0 Å². The molecule has 0 saturated heterocycles. The molecule has 0 aliphatic heterocycles. The van der Waals surface area contributed by atoms with Crippen molar-refractivity contribution >= 4 is 39.0 Å². The first-order valence-corrected chi connectivity index (χ1v) is 10.7. The van der Waals surface area contributed by atoms with Gasteiger partial charge in [-0.1, -0.05) is 23.7 Å². The molecular weight excluding hydrogens is 447 g/mol. The van der Waals surface area contributed by atoms with Crippen LogP contribution in [-0.4, -0.2) is 26.4 Å². The van der Waals surface area contributed by atoms with Gasteiger partial charge in [-0.15, -0.1) is 0 Å². The van der Waals surface area contributed by atoms with Gasteiger partial charge in [-0.3, -0.25) is 9.52 Å². The van der Waals surface area contributed by atoms with Gasteiger partial charge >= 0.3 is 0 Å². The van der Waals surface area contributed by atoms with Crippen molar-refractivity contribution in [3.8, 4) is 5.75 Å². The van der Waals surface area contributed by atoms with E-state index in [1.807, 2.05) is 0 Å². The molecule has 3 rings (SSSR count). The van der Waals surface area contributed by atoms with Crippen LogP contribution in [0, 0.1) is 5.82 Å². The summed E-state index contributed by atoms with van der Waals surface area (Å²) in [5.74, 6) is -1.11. The Morgan fingerprint density at radius 2 is 1.94 bits per heavy atom. The predicted octanol–water partition coefficient (Wildman–Crippen LogP) is 3.32. The Labute approximate surface area is 183 Å². The van der Waals surface area contributed by atoms with E-state index in [1.54, 1.807) is 18.2 Å². The van der Waals surface area contributed by atoms with Crippen LogP contribution in [0.5, 0.6) is 5.75 Å². The van der Waals surface area contributed by atoms with E-state index in [0.29, 0.717) is 16.3 Å². The Kier molecular flexibility index (Phi) is 6.62. The van der Waals surface area contributed by atoms with Crippen LogP contribution in [0.4, 0.5) is 15.9 Å². The number of nitrogens with one attached hydrogen (secondary N) is 2. The molecule has 1 unspecified atom stereocenters. The standard InChI is InChI=1S/C20H18ClFN4O4S/c1-30-16-8-6-12(21)10-14(16)19(20(23)27)25-15-4-2-3-5-17(15)31(28,29)26-18-9-7-13(22)11-24-18/h2-11,19,25H,1H3,(H2,23,27)(H,24,26). The van der Waals surface area contributed by atoms with Crippen molar-refractivity contribution in [2.75, 3.05) is 17.1 Å². The Bertz CT molecular complexity index is 1210. The third-order valence-electron chi connectivity index (χ3n) is 4.23. The van der Waals surface area contributed by atoms with E-state index >= 15 is 0 Å². The number of benzene rings is 2. The van der Waals surface area contributed by atoms with Gasteiger partial charge in [0.2, 0.25) is 5.91 Å². The van der Waals surface area contributed by atoms with Crippen molar-refractivity contribution in [2.45, 2.75) is 10.9 Å². The average molecular weight is 465 g/mol. The number of carbonyl (C=O) groups is 1. The molecule has 1 atom stereocenters. The molecule has 1 amide bonds. The fraction of sp³-hybridized carbons (Fsp3) is 0.100. The van der Waals surface area contributed by atoms with Gasteiger partial charge < -0.3 is 15.8 Å². The summed E-state index contributed by atoms with van der Waals surface area (Å²) in [6.45, 7) is 0. The highest BCUT2D eigenvalue weighted by atomic mass is 35.5. The minimum absolute atomic E-state index is 0.0702. The van der Waals surface area contributed by atoms with Crippen molar-refractivity contribution in [2.24, 2.45) is 5.73 Å². The number of hydrogen-bond acceptors (Lipinski definition) is 6. The van der Waals surface area contributed by atoms with Crippen molar-refractivity contribution in [1.29, 1.82) is 0 Å². The van der Waals surface area contributed by atoms with Crippen LogP contribution < -0.4 is 20.5 Å². The number of nitrogens with zero attached hydrogens (tertiary/aromatic N) is 1. The number of para-hydroxylation sites is 1. The van der Waals surface area contributed by atoms with E-state index in [9.17, 15) is 17.6 Å². The van der Waals surface area contributed by atoms with Gasteiger partial charge in [0.05, 0.1) is 19.0 Å². The second kappa shape index (κ2) is 9.19. The molecule has 162 valence electrons. The molecule has 3 aromatic rings. The van der Waals surface area contributed by atoms with E-state index in [4.69, 9.17) is 22.1 Å². The van der Waals surface area contributed by atoms with E-state index in [1.165, 1.54) is 37.4 Å². The summed E-state index contributed by atoms with van der Waals surface area (Å²) in [5, 5.41) is 3.20. The van der Waals surface area contributed by atoms with Gasteiger partial charge in [-0.05, 0) is 42.5 Å². The summed E-state index contributed by atoms with van der Waals surface area (Å²) >= 11 is 6.06. The zero-order chi connectivity index (χ0) is 22.6. The molecule has 0 radical (unpaired) electrons. The molecule has 4 N–H and O–H groups in total. The highest BCUT2D eigenvalue weighted by Gasteiger charge is 2.26. The van der Waals surface area contributed by atoms with E-state index < -0.39 is 27.8 Å². The number of ether oxygens (including phenoxy) is 1. The average Bonchev–Trinajstić information content (AvgIpc) is 2.73. The normalized spacial score (nSPS) is 12.1. The molecule has 8 nitrogen and oxygen atoms in total. The highest BCUT2D eigenvalue weighted by Crippen LogP contribution is 2.33. The number of carbonyl (C=O) groups excluding carboxylic acids is 1. The summed E-state index contributed by atoms with van der Waals surface area (Å²) in [6, 6.07) is 11.7. The smallest absolute Gasteiger partial charge is 0.265 e. The summed E-state index contributed by atoms with van der Waals surface area (Å²) in [5.41, 5.74) is 6.01. The maximum Gasteiger partial charge on any atom is 0.265 e. The van der Waals surface area contributed by atoms with Crippen LogP contribution in [0.3, 0.4) is 0 Å². The zero-order valence-electron chi connectivity index (χ0n) is 16.2. The Balaban J connectivity index is 1.99. The van der Waals surface area contributed by atoms with Crippen molar-refractivity contribution in [3.05, 3.63) is 77.2 Å². The Hall–Kier alpha value is -3.37. The van der Waals surface area contributed by atoms with Gasteiger partial charge in [0.1, 0.15) is 28.3 Å². The van der Waals surface area contributed by atoms with E-state index in [0.717, 1.165) is 12.3 Å². The molecule has 0 saturated carbocycles. The van der Waals surface area contributed by atoms with Crippen molar-refractivity contribution in [1.82, 2.24) is 4.98 Å². The first kappa shape index (κ1) is 22.3. The molecule has 31 heavy (non-hydrogen) atoms. The number of sulfonamides is 1. The zero-order valence-corrected chi connectivity index (χ0v) is 17.7. The van der Waals surface area contributed by atoms with Gasteiger partial charge in [-0.25, -0.2) is 17.8 Å². The molecule has 0 fully saturated rings. The summed E-state index contributed by atoms with van der Waals surface area (Å²) in [4.78, 5) is 15.7. The van der Waals surface area contributed by atoms with Crippen molar-refractivity contribution in [3.63, 3.8) is 0 Å². The summed E-state index contributed by atoms with van der Waals surface area (Å²) in [7, 11) is -2.72. The molecule has 1 heterocycles. The van der Waals surface area contributed by atoms with Gasteiger partial charge in [0.15, 0.2) is 0 Å². The van der Waals surface area contributed by atoms with Gasteiger partial charge in [0, 0.05) is 10.6 Å². The number of primary amides is 1. The van der Waals surface area contributed by atoms with Gasteiger partial charge in [-0.2, -0.15) is 0 Å². The number of rotatable bonds is 8. The number of pyridine rings is 1. The Morgan fingerprint density at radius 1 is 1.19 bits per heavy atom.